The number of amides is 4. The zero-order valence-corrected chi connectivity index (χ0v) is 67.4. The van der Waals surface area contributed by atoms with Crippen LogP contribution in [0.1, 0.15) is 142 Å². The summed E-state index contributed by atoms with van der Waals surface area (Å²) in [5, 5.41) is 11.3. The highest BCUT2D eigenvalue weighted by atomic mass is 32.1. The third kappa shape index (κ3) is 16.6. The van der Waals surface area contributed by atoms with Gasteiger partial charge < -0.3 is 43.3 Å². The molecule has 0 N–H and O–H groups in total. The van der Waals surface area contributed by atoms with E-state index in [1.54, 1.807) is 67.0 Å². The second-order valence-electron chi connectivity index (χ2n) is 31.5. The molecule has 8 saturated heterocycles. The Balaban J connectivity index is 0.000000113. The summed E-state index contributed by atoms with van der Waals surface area (Å²) in [6, 6.07) is 58.0. The van der Waals surface area contributed by atoms with Crippen LogP contribution in [0.15, 0.2) is 225 Å². The first-order valence-corrected chi connectivity index (χ1v) is 42.1. The largest absolute Gasteiger partial charge is 0.493 e. The summed E-state index contributed by atoms with van der Waals surface area (Å²) in [6.45, 7) is 10.7. The summed E-state index contributed by atoms with van der Waals surface area (Å²) in [5.74, 6) is 4.64. The fourth-order valence-electron chi connectivity index (χ4n) is 19.3. The Morgan fingerprint density at radius 3 is 1.34 bits per heavy atom. The molecule has 8 aliphatic rings. The third-order valence-corrected chi connectivity index (χ3v) is 25.5. The van der Waals surface area contributed by atoms with Gasteiger partial charge in [-0.05, 0) is 187 Å². The van der Waals surface area contributed by atoms with Crippen LogP contribution < -0.4 is 23.7 Å². The first-order chi connectivity index (χ1) is 57.9. The molecule has 3 aromatic carbocycles. The summed E-state index contributed by atoms with van der Waals surface area (Å²) < 4.78 is 29.5. The number of thiazole rings is 1. The molecule has 12 unspecified atom stereocenters. The highest BCUT2D eigenvalue weighted by Crippen LogP contribution is 2.48. The lowest BCUT2D eigenvalue weighted by molar-refractivity contribution is 0.0695. The average Bonchev–Trinajstić information content (AvgIpc) is 1.55. The topological polar surface area (TPSA) is 261 Å². The minimum absolute atomic E-state index is 0.0107. The van der Waals surface area contributed by atoms with Crippen molar-refractivity contribution in [3.63, 3.8) is 0 Å². The first-order valence-electron chi connectivity index (χ1n) is 41.2. The zero-order valence-electron chi connectivity index (χ0n) is 66.6. The second-order valence-corrected chi connectivity index (χ2v) is 32.7. The van der Waals surface area contributed by atoms with E-state index < -0.39 is 0 Å². The predicted octanol–water partition coefficient (Wildman–Crippen LogP) is 15.6. The summed E-state index contributed by atoms with van der Waals surface area (Å²) >= 11 is 1.59. The third-order valence-electron chi connectivity index (χ3n) is 24.4. The van der Waals surface area contributed by atoms with Crippen molar-refractivity contribution >= 4 is 45.7 Å². The van der Waals surface area contributed by atoms with E-state index in [9.17, 15) is 19.2 Å². The van der Waals surface area contributed by atoms with Crippen LogP contribution in [-0.4, -0.2) is 179 Å². The molecule has 20 rings (SSSR count). The van der Waals surface area contributed by atoms with E-state index in [2.05, 4.69) is 64.8 Å². The number of benzene rings is 3. The van der Waals surface area contributed by atoms with Crippen molar-refractivity contribution < 1.29 is 42.9 Å². The maximum absolute atomic E-state index is 13.8. The molecule has 4 amide bonds. The molecule has 0 spiro atoms. The van der Waals surface area contributed by atoms with Crippen LogP contribution in [0.4, 0.5) is 0 Å². The number of nitrogens with zero attached hydrogens (tertiary/aromatic N) is 15. The average molecular weight is 1600 g/mol. The van der Waals surface area contributed by atoms with Crippen LogP contribution in [0.3, 0.4) is 0 Å². The van der Waals surface area contributed by atoms with Gasteiger partial charge in [-0.25, -0.2) is 34.9 Å². The Bertz CT molecular complexity index is 5470. The normalized spacial score (nSPS) is 22.6. The Morgan fingerprint density at radius 2 is 0.847 bits per heavy atom. The van der Waals surface area contributed by atoms with E-state index in [4.69, 9.17) is 23.7 Å². The Labute approximate surface area is 690 Å². The van der Waals surface area contributed by atoms with Crippen LogP contribution >= 0.6 is 11.3 Å². The Hall–Kier alpha value is -12.4. The molecular weight excluding hydrogens is 1500 g/mol. The van der Waals surface area contributed by atoms with Gasteiger partial charge in [0.2, 0.25) is 23.5 Å². The number of fused-ring (bicyclic) bond motifs is 9. The molecule has 8 fully saturated rings. The van der Waals surface area contributed by atoms with Gasteiger partial charge in [-0.2, -0.15) is 10.2 Å². The quantitative estimate of drug-likeness (QED) is 0.0647. The van der Waals surface area contributed by atoms with Crippen LogP contribution in [0, 0.1) is 44.4 Å². The first kappa shape index (κ1) is 78.2. The number of hydrogen-bond donors (Lipinski definition) is 0. The molecular formula is C93H95N15O9S. The van der Waals surface area contributed by atoms with Gasteiger partial charge in [0.1, 0.15) is 22.8 Å². The van der Waals surface area contributed by atoms with Gasteiger partial charge in [-0.15, -0.1) is 16.1 Å². The van der Waals surface area contributed by atoms with Crippen molar-refractivity contribution in [3.05, 3.63) is 264 Å². The van der Waals surface area contributed by atoms with Crippen LogP contribution in [0.2, 0.25) is 0 Å². The van der Waals surface area contributed by atoms with Crippen molar-refractivity contribution in [1.29, 1.82) is 0 Å². The maximum Gasteiger partial charge on any atom is 0.275 e. The van der Waals surface area contributed by atoms with Gasteiger partial charge in [-0.3, -0.25) is 24.2 Å². The fraction of sp³-hybridized carbons (Fsp3) is 0.355. The smallest absolute Gasteiger partial charge is 0.275 e. The summed E-state index contributed by atoms with van der Waals surface area (Å²) in [7, 11) is 0. The maximum atomic E-state index is 13.8. The van der Waals surface area contributed by atoms with Crippen molar-refractivity contribution in [2.45, 2.75) is 153 Å². The molecule has 17 heterocycles. The highest BCUT2D eigenvalue weighted by Gasteiger charge is 2.54. The van der Waals surface area contributed by atoms with Crippen molar-refractivity contribution in [2.75, 3.05) is 33.0 Å². The Morgan fingerprint density at radius 1 is 0.398 bits per heavy atom. The van der Waals surface area contributed by atoms with Crippen LogP contribution in [-0.2, 0) is 0 Å². The van der Waals surface area contributed by atoms with Crippen LogP contribution in [0.5, 0.6) is 29.3 Å². The lowest BCUT2D eigenvalue weighted by Crippen LogP contribution is -2.38. The van der Waals surface area contributed by atoms with Gasteiger partial charge >= 0.3 is 0 Å². The molecule has 9 aromatic heterocycles. The van der Waals surface area contributed by atoms with Gasteiger partial charge in [-0.1, -0.05) is 91.0 Å². The molecule has 0 radical (unpaired) electrons. The fourth-order valence-corrected chi connectivity index (χ4v) is 20.2. The number of ether oxygens (including phenoxy) is 5. The zero-order chi connectivity index (χ0) is 80.6. The van der Waals surface area contributed by atoms with E-state index in [0.717, 1.165) is 126 Å². The molecule has 0 saturated carbocycles. The molecule has 8 bridgehead atoms. The number of rotatable bonds is 21. The molecule has 12 aromatic rings. The van der Waals surface area contributed by atoms with E-state index in [-0.39, 0.29) is 72.0 Å². The number of carbonyl (C=O) groups excluding carboxylic acids is 4. The monoisotopic (exact) mass is 1600 g/mol. The Kier molecular flexibility index (Phi) is 23.6. The molecule has 25 heteroatoms. The number of hydrogen-bond acceptors (Lipinski definition) is 20. The van der Waals surface area contributed by atoms with E-state index >= 15 is 0 Å². The van der Waals surface area contributed by atoms with Crippen molar-refractivity contribution in [3.8, 4) is 56.7 Å². The number of carbonyl (C=O) groups is 4. The lowest BCUT2D eigenvalue weighted by Gasteiger charge is -2.26. The van der Waals surface area contributed by atoms with Gasteiger partial charge in [0.15, 0.2) is 5.69 Å². The molecule has 12 atom stereocenters. The van der Waals surface area contributed by atoms with E-state index in [1.165, 1.54) is 4.80 Å². The van der Waals surface area contributed by atoms with E-state index in [1.807, 2.05) is 202 Å². The summed E-state index contributed by atoms with van der Waals surface area (Å²) in [4.78, 5) is 100. The van der Waals surface area contributed by atoms with E-state index in [0.29, 0.717) is 114 Å². The molecule has 118 heavy (non-hydrogen) atoms. The van der Waals surface area contributed by atoms with Crippen molar-refractivity contribution in [1.82, 2.24) is 74.5 Å². The standard InChI is InChI=1S/C25H26N4O2.C25H26N2O3.C23H23N3O2S.C20H20N6O2/c1-16-6-5-13-27-23(16)20-10-8-17(2)28-24(20)25(30)29-19-9-11-21(29)18(14-19)15-31-22-7-3-4-12-26-22;1-2-29-22-13-10-17-7-3-4-8-20(17)24(22)25(28)27-19-11-12-21(27)18(15-19)16-30-23-9-5-6-14-26-23;1-15-25-21(22(29-15)16-7-3-2-4-8-16)23(27)26-18-10-11-19(26)17(13-18)14-28-20-9-5-6-12-24-20;27-20(19-17(4-3-9-22-19)26-23-10-11-24-26)25-15-6-7-16(25)14(12-15)13-28-18-5-1-2-8-21-18/h3-8,10,12-13,18-19,21H,9,11,14-15H2,1-2H3;3-10,13-14,18-19,21H,2,11-12,15-16H2,1H3;2-9,12,17-19H,10-11,13-14H2,1H3;1-5,8-11,14-16H,6-7,12-13H2. The van der Waals surface area contributed by atoms with Crippen molar-refractivity contribution in [2.24, 2.45) is 23.7 Å². The summed E-state index contributed by atoms with van der Waals surface area (Å²) in [5.41, 5.74) is 7.34. The number of pyridine rings is 7. The minimum atomic E-state index is -0.0549. The van der Waals surface area contributed by atoms with Gasteiger partial charge in [0.25, 0.3) is 23.6 Å². The summed E-state index contributed by atoms with van der Waals surface area (Å²) in [6.07, 6.45) is 25.7. The molecule has 24 nitrogen and oxygen atoms in total. The number of aromatic nitrogens is 11. The number of aryl methyl sites for hydroxylation is 3. The second kappa shape index (κ2) is 35.6. The lowest BCUT2D eigenvalue weighted by atomic mass is 9.90. The predicted molar refractivity (Wildman–Crippen MR) is 447 cm³/mol. The van der Waals surface area contributed by atoms with Crippen LogP contribution in [0.25, 0.3) is 38.2 Å². The SMILES string of the molecule is CCOc1ccc2ccccc2c1C(=O)N1C2CCC1C(COc1ccccn1)C2.Cc1ccc(-c2ncccc2C)c(C(=O)N2C3CCC2C(COc2ccccn2)C3)n1.Cc1nc(C(=O)N2C3CCC2C(COc2ccccn2)C3)c(-c2ccccc2)s1.O=C(c1ncccc1-n1nccn1)N1C2CCC1C(COc1ccccn1)C2. The van der Waals surface area contributed by atoms with Gasteiger partial charge in [0.05, 0.1) is 66.6 Å². The molecule has 602 valence electrons. The molecule has 0 aliphatic carbocycles. The minimum Gasteiger partial charge on any atom is -0.493 e. The molecule has 8 aliphatic heterocycles. The van der Waals surface area contributed by atoms with Gasteiger partial charge in [0, 0.05) is 145 Å². The highest BCUT2D eigenvalue weighted by molar-refractivity contribution is 7.15.